The van der Waals surface area contributed by atoms with E-state index in [2.05, 4.69) is 26.2 Å². The minimum Gasteiger partial charge on any atom is -0.467 e. The van der Waals surface area contributed by atoms with Crippen molar-refractivity contribution in [3.8, 4) is 24.4 Å². The van der Waals surface area contributed by atoms with Gasteiger partial charge in [0.15, 0.2) is 6.10 Å². The van der Waals surface area contributed by atoms with Crippen LogP contribution in [0.4, 0.5) is 5.95 Å². The van der Waals surface area contributed by atoms with Crippen LogP contribution in [0.15, 0.2) is 0 Å². The Hall–Kier alpha value is -2.03. The predicted octanol–water partition coefficient (Wildman–Crippen LogP) is 0.712. The Balaban J connectivity index is 2.91. The van der Waals surface area contributed by atoms with Crippen LogP contribution in [0.3, 0.4) is 0 Å². The summed E-state index contributed by atoms with van der Waals surface area (Å²) in [6, 6.07) is 0.332. The molecule has 0 aliphatic rings. The van der Waals surface area contributed by atoms with Crippen LogP contribution in [0.25, 0.3) is 0 Å². The van der Waals surface area contributed by atoms with E-state index in [4.69, 9.17) is 15.9 Å². The molecular formula is C10H14N4O2. The van der Waals surface area contributed by atoms with Gasteiger partial charge in [0.2, 0.25) is 5.95 Å². The van der Waals surface area contributed by atoms with Crippen molar-refractivity contribution >= 4 is 5.95 Å². The van der Waals surface area contributed by atoms with Gasteiger partial charge in [0.1, 0.15) is 0 Å². The van der Waals surface area contributed by atoms with E-state index in [1.807, 2.05) is 6.92 Å². The lowest BCUT2D eigenvalue weighted by Gasteiger charge is -2.09. The number of nitrogens with zero attached hydrogens (tertiary/aromatic N) is 3. The van der Waals surface area contributed by atoms with Crippen molar-refractivity contribution in [2.24, 2.45) is 0 Å². The molecule has 0 radical (unpaired) electrons. The second-order valence-electron chi connectivity index (χ2n) is 2.89. The number of hydrogen-bond acceptors (Lipinski definition) is 6. The van der Waals surface area contributed by atoms with Crippen molar-refractivity contribution in [3.63, 3.8) is 0 Å². The van der Waals surface area contributed by atoms with E-state index < -0.39 is 6.10 Å². The maximum Gasteiger partial charge on any atom is 0.325 e. The lowest BCUT2D eigenvalue weighted by molar-refractivity contribution is 0.249. The molecule has 0 bridgehead atoms. The van der Waals surface area contributed by atoms with Crippen molar-refractivity contribution in [1.82, 2.24) is 15.0 Å². The monoisotopic (exact) mass is 222 g/mol. The summed E-state index contributed by atoms with van der Waals surface area (Å²) >= 11 is 0. The van der Waals surface area contributed by atoms with Gasteiger partial charge in [-0.1, -0.05) is 5.92 Å². The Labute approximate surface area is 94.4 Å². The average molecular weight is 222 g/mol. The summed E-state index contributed by atoms with van der Waals surface area (Å²) in [5.74, 6) is 2.82. The fourth-order valence-corrected chi connectivity index (χ4v) is 0.911. The molecule has 0 aliphatic heterocycles. The molecule has 0 aliphatic carbocycles. The van der Waals surface area contributed by atoms with Gasteiger partial charge >= 0.3 is 12.0 Å². The smallest absolute Gasteiger partial charge is 0.325 e. The lowest BCUT2D eigenvalue weighted by atomic mass is 10.4. The number of aromatic nitrogens is 3. The molecule has 1 aromatic heterocycles. The molecule has 0 spiro atoms. The molecule has 0 saturated carbocycles. The summed E-state index contributed by atoms with van der Waals surface area (Å²) in [5.41, 5.74) is 0. The molecular weight excluding hydrogens is 208 g/mol. The molecule has 1 N–H and O–H groups in total. The molecule has 0 saturated heterocycles. The van der Waals surface area contributed by atoms with Crippen LogP contribution in [0, 0.1) is 12.3 Å². The van der Waals surface area contributed by atoms with E-state index >= 15 is 0 Å². The first-order valence-electron chi connectivity index (χ1n) is 4.86. The standard InChI is InChI=1S/C10H14N4O2/c1-5-7(3)16-10-13-8(11-6-2)12-9(14-10)15-4/h1,7H,6H2,2-4H3,(H,11,12,13,14). The summed E-state index contributed by atoms with van der Waals surface area (Å²) < 4.78 is 10.2. The van der Waals surface area contributed by atoms with Gasteiger partial charge in [-0.15, -0.1) is 11.4 Å². The lowest BCUT2D eigenvalue weighted by Crippen LogP contribution is -2.13. The second-order valence-corrected chi connectivity index (χ2v) is 2.89. The molecule has 1 unspecified atom stereocenters. The van der Waals surface area contributed by atoms with Gasteiger partial charge in [-0.25, -0.2) is 0 Å². The number of rotatable bonds is 5. The van der Waals surface area contributed by atoms with Gasteiger partial charge in [0.25, 0.3) is 0 Å². The minimum atomic E-state index is -0.401. The molecule has 16 heavy (non-hydrogen) atoms. The van der Waals surface area contributed by atoms with Crippen molar-refractivity contribution in [2.75, 3.05) is 19.0 Å². The van der Waals surface area contributed by atoms with Crippen LogP contribution in [0.1, 0.15) is 13.8 Å². The number of ether oxygens (including phenoxy) is 2. The van der Waals surface area contributed by atoms with Crippen molar-refractivity contribution in [2.45, 2.75) is 20.0 Å². The summed E-state index contributed by atoms with van der Waals surface area (Å²) in [7, 11) is 1.47. The van der Waals surface area contributed by atoms with Gasteiger partial charge in [0.05, 0.1) is 7.11 Å². The van der Waals surface area contributed by atoms with Gasteiger partial charge < -0.3 is 14.8 Å². The van der Waals surface area contributed by atoms with Crippen molar-refractivity contribution < 1.29 is 9.47 Å². The van der Waals surface area contributed by atoms with Gasteiger partial charge in [-0.05, 0) is 13.8 Å². The third kappa shape index (κ3) is 3.28. The van der Waals surface area contributed by atoms with Crippen LogP contribution >= 0.6 is 0 Å². The SMILES string of the molecule is C#CC(C)Oc1nc(NCC)nc(OC)n1. The van der Waals surface area contributed by atoms with E-state index in [1.165, 1.54) is 7.11 Å². The van der Waals surface area contributed by atoms with Gasteiger partial charge in [-0.2, -0.15) is 9.97 Å². The first-order valence-corrected chi connectivity index (χ1v) is 4.86. The van der Waals surface area contributed by atoms with Crippen molar-refractivity contribution in [1.29, 1.82) is 0 Å². The zero-order valence-electron chi connectivity index (χ0n) is 9.52. The topological polar surface area (TPSA) is 69.2 Å². The van der Waals surface area contributed by atoms with Crippen LogP contribution in [0.5, 0.6) is 12.0 Å². The maximum absolute atomic E-state index is 5.27. The summed E-state index contributed by atoms with van der Waals surface area (Å²) in [6.07, 6.45) is 4.79. The first kappa shape index (κ1) is 12.0. The summed E-state index contributed by atoms with van der Waals surface area (Å²) in [6.45, 7) is 4.35. The highest BCUT2D eigenvalue weighted by Gasteiger charge is 2.09. The predicted molar refractivity (Wildman–Crippen MR) is 59.5 cm³/mol. The molecule has 6 heteroatoms. The highest BCUT2D eigenvalue weighted by molar-refractivity contribution is 5.27. The molecule has 1 atom stereocenters. The zero-order chi connectivity index (χ0) is 12.0. The highest BCUT2D eigenvalue weighted by atomic mass is 16.5. The van der Waals surface area contributed by atoms with Crippen LogP contribution in [-0.4, -0.2) is 34.7 Å². The Morgan fingerprint density at radius 1 is 1.38 bits per heavy atom. The Morgan fingerprint density at radius 3 is 2.62 bits per heavy atom. The van der Waals surface area contributed by atoms with Gasteiger partial charge in [-0.3, -0.25) is 0 Å². The molecule has 0 fully saturated rings. The molecule has 86 valence electrons. The fourth-order valence-electron chi connectivity index (χ4n) is 0.911. The number of methoxy groups -OCH3 is 1. The summed E-state index contributed by atoms with van der Waals surface area (Å²) in [5, 5.41) is 2.94. The molecule has 1 heterocycles. The van der Waals surface area contributed by atoms with E-state index in [0.717, 1.165) is 0 Å². The van der Waals surface area contributed by atoms with Crippen LogP contribution in [0.2, 0.25) is 0 Å². The molecule has 1 rings (SSSR count). The normalized spacial score (nSPS) is 11.4. The Kier molecular flexibility index (Phi) is 4.33. The molecule has 0 aromatic carbocycles. The quantitative estimate of drug-likeness (QED) is 0.740. The van der Waals surface area contributed by atoms with Crippen LogP contribution in [-0.2, 0) is 0 Å². The molecule has 6 nitrogen and oxygen atoms in total. The number of anilines is 1. The fraction of sp³-hybridized carbons (Fsp3) is 0.500. The van der Waals surface area contributed by atoms with Gasteiger partial charge in [0, 0.05) is 6.54 Å². The number of hydrogen-bond donors (Lipinski definition) is 1. The first-order chi connectivity index (χ1) is 7.69. The maximum atomic E-state index is 5.27. The molecule has 0 amide bonds. The number of nitrogens with one attached hydrogen (secondary N) is 1. The van der Waals surface area contributed by atoms with E-state index in [-0.39, 0.29) is 12.0 Å². The van der Waals surface area contributed by atoms with E-state index in [9.17, 15) is 0 Å². The molecule has 1 aromatic rings. The second kappa shape index (κ2) is 5.75. The van der Waals surface area contributed by atoms with Crippen LogP contribution < -0.4 is 14.8 Å². The Morgan fingerprint density at radius 2 is 2.06 bits per heavy atom. The minimum absolute atomic E-state index is 0.147. The Bertz CT molecular complexity index is 389. The zero-order valence-corrected chi connectivity index (χ0v) is 9.52. The number of terminal acetylenes is 1. The third-order valence-corrected chi connectivity index (χ3v) is 1.63. The highest BCUT2D eigenvalue weighted by Crippen LogP contribution is 2.13. The van der Waals surface area contributed by atoms with Crippen molar-refractivity contribution in [3.05, 3.63) is 0 Å². The van der Waals surface area contributed by atoms with E-state index in [1.54, 1.807) is 6.92 Å². The van der Waals surface area contributed by atoms with E-state index in [0.29, 0.717) is 12.5 Å². The third-order valence-electron chi connectivity index (χ3n) is 1.63. The largest absolute Gasteiger partial charge is 0.467 e. The average Bonchev–Trinajstić information content (AvgIpc) is 2.29. The summed E-state index contributed by atoms with van der Waals surface area (Å²) in [4.78, 5) is 11.9.